The lowest BCUT2D eigenvalue weighted by Gasteiger charge is -2.33. The lowest BCUT2D eigenvalue weighted by atomic mass is 9.99. The molecule has 2 fully saturated rings. The Hall–Kier alpha value is -0.340. The molecule has 15 heavy (non-hydrogen) atoms. The number of hydrogen-bond donors (Lipinski definition) is 0. The van der Waals surface area contributed by atoms with Crippen molar-refractivity contribution in [1.29, 1.82) is 0 Å². The van der Waals surface area contributed by atoms with Crippen LogP contribution < -0.4 is 0 Å². The molecule has 2 atom stereocenters. The first-order chi connectivity index (χ1) is 7.31. The Morgan fingerprint density at radius 2 is 2.07 bits per heavy atom. The molecule has 0 spiro atoms. The minimum Gasteiger partial charge on any atom is -0.304 e. The number of fused-ring (bicyclic) bond motifs is 1. The summed E-state index contributed by atoms with van der Waals surface area (Å²) in [4.78, 5) is 5.07. The van der Waals surface area contributed by atoms with Crippen LogP contribution >= 0.6 is 0 Å². The van der Waals surface area contributed by atoms with Crippen LogP contribution in [0, 0.1) is 11.8 Å². The van der Waals surface area contributed by atoms with Gasteiger partial charge >= 0.3 is 0 Å². The average Bonchev–Trinajstić information content (AvgIpc) is 3.00. The van der Waals surface area contributed by atoms with E-state index in [2.05, 4.69) is 22.9 Å². The summed E-state index contributed by atoms with van der Waals surface area (Å²) in [5.41, 5.74) is 1.73. The van der Waals surface area contributed by atoms with E-state index in [0.717, 1.165) is 11.8 Å². The standard InChI is InChI=1S/C13H22N2/c1-14-4-6-15(7-5-14)10-11-2-3-12-9-13(12)8-11/h8,12-13H,2-7,9-10H2,1H3/t12-,13?/m1/s1. The third-order valence-electron chi connectivity index (χ3n) is 4.29. The van der Waals surface area contributed by atoms with Gasteiger partial charge in [0.2, 0.25) is 0 Å². The highest BCUT2D eigenvalue weighted by Gasteiger charge is 2.37. The maximum Gasteiger partial charge on any atom is 0.0194 e. The first kappa shape index (κ1) is 9.86. The van der Waals surface area contributed by atoms with Crippen molar-refractivity contribution in [1.82, 2.24) is 9.80 Å². The summed E-state index contributed by atoms with van der Waals surface area (Å²) in [6.07, 6.45) is 6.94. The average molecular weight is 206 g/mol. The molecule has 1 saturated heterocycles. The molecule has 0 aromatic heterocycles. The SMILES string of the molecule is CN1CCN(CC2=CC3C[C@H]3CC2)CC1. The van der Waals surface area contributed by atoms with E-state index in [-0.39, 0.29) is 0 Å². The number of hydrogen-bond acceptors (Lipinski definition) is 2. The van der Waals surface area contributed by atoms with E-state index in [9.17, 15) is 0 Å². The maximum atomic E-state index is 2.63. The molecule has 0 aromatic rings. The third-order valence-corrected chi connectivity index (χ3v) is 4.29. The molecule has 2 nitrogen and oxygen atoms in total. The van der Waals surface area contributed by atoms with Crippen molar-refractivity contribution in [2.75, 3.05) is 39.8 Å². The molecule has 3 aliphatic rings. The number of allylic oxidation sites excluding steroid dienone is 1. The predicted molar refractivity (Wildman–Crippen MR) is 62.9 cm³/mol. The van der Waals surface area contributed by atoms with Crippen LogP contribution in [0.15, 0.2) is 11.6 Å². The van der Waals surface area contributed by atoms with Gasteiger partial charge in [-0.2, -0.15) is 0 Å². The third kappa shape index (κ3) is 2.26. The number of nitrogens with zero attached hydrogens (tertiary/aromatic N) is 2. The summed E-state index contributed by atoms with van der Waals surface area (Å²) in [6.45, 7) is 6.29. The van der Waals surface area contributed by atoms with Gasteiger partial charge in [0.25, 0.3) is 0 Å². The highest BCUT2D eigenvalue weighted by atomic mass is 15.2. The van der Waals surface area contributed by atoms with Crippen LogP contribution in [0.4, 0.5) is 0 Å². The first-order valence-corrected chi connectivity index (χ1v) is 6.42. The molecule has 3 rings (SSSR count). The van der Waals surface area contributed by atoms with Gasteiger partial charge in [-0.1, -0.05) is 11.6 Å². The van der Waals surface area contributed by atoms with Crippen LogP contribution in [0.3, 0.4) is 0 Å². The van der Waals surface area contributed by atoms with Crippen LogP contribution in [0.1, 0.15) is 19.3 Å². The normalized spacial score (nSPS) is 37.3. The van der Waals surface area contributed by atoms with Crippen molar-refractivity contribution >= 4 is 0 Å². The Kier molecular flexibility index (Phi) is 2.57. The largest absolute Gasteiger partial charge is 0.304 e. The molecule has 1 heterocycles. The molecule has 1 saturated carbocycles. The summed E-state index contributed by atoms with van der Waals surface area (Å²) < 4.78 is 0. The highest BCUT2D eigenvalue weighted by molar-refractivity contribution is 5.17. The molecule has 0 aromatic carbocycles. The Balaban J connectivity index is 1.52. The van der Waals surface area contributed by atoms with Crippen molar-refractivity contribution in [3.8, 4) is 0 Å². The summed E-state index contributed by atoms with van der Waals surface area (Å²) in [7, 11) is 2.23. The van der Waals surface area contributed by atoms with Crippen LogP contribution in [0.2, 0.25) is 0 Å². The molecule has 0 bridgehead atoms. The maximum absolute atomic E-state index is 2.63. The second kappa shape index (κ2) is 3.91. The Morgan fingerprint density at radius 1 is 1.27 bits per heavy atom. The van der Waals surface area contributed by atoms with E-state index in [0.29, 0.717) is 0 Å². The van der Waals surface area contributed by atoms with Crippen LogP contribution in [0.5, 0.6) is 0 Å². The minimum absolute atomic E-state index is 0.987. The lowest BCUT2D eigenvalue weighted by molar-refractivity contribution is 0.162. The van der Waals surface area contributed by atoms with Gasteiger partial charge in [-0.15, -0.1) is 0 Å². The molecule has 1 aliphatic heterocycles. The monoisotopic (exact) mass is 206 g/mol. The topological polar surface area (TPSA) is 6.48 Å². The van der Waals surface area contributed by atoms with E-state index in [1.165, 1.54) is 52.0 Å². The summed E-state index contributed by atoms with van der Waals surface area (Å²) >= 11 is 0. The second-order valence-corrected chi connectivity index (χ2v) is 5.60. The zero-order valence-electron chi connectivity index (χ0n) is 9.78. The minimum atomic E-state index is 0.987. The molecule has 0 amide bonds. The van der Waals surface area contributed by atoms with Gasteiger partial charge in [0.05, 0.1) is 0 Å². The molecular formula is C13H22N2. The molecular weight excluding hydrogens is 184 g/mol. The fraction of sp³-hybridized carbons (Fsp3) is 0.846. The second-order valence-electron chi connectivity index (χ2n) is 5.60. The van der Waals surface area contributed by atoms with Crippen molar-refractivity contribution in [2.24, 2.45) is 11.8 Å². The summed E-state index contributed by atoms with van der Waals surface area (Å²) in [5, 5.41) is 0. The van der Waals surface area contributed by atoms with Gasteiger partial charge in [0.1, 0.15) is 0 Å². The number of rotatable bonds is 2. The quantitative estimate of drug-likeness (QED) is 0.633. The van der Waals surface area contributed by atoms with Gasteiger partial charge in [0, 0.05) is 32.7 Å². The van der Waals surface area contributed by atoms with Crippen LogP contribution in [-0.4, -0.2) is 49.6 Å². The lowest BCUT2D eigenvalue weighted by Crippen LogP contribution is -2.45. The van der Waals surface area contributed by atoms with Gasteiger partial charge in [-0.25, -0.2) is 0 Å². The Labute approximate surface area is 92.9 Å². The van der Waals surface area contributed by atoms with E-state index in [1.807, 2.05) is 0 Å². The van der Waals surface area contributed by atoms with Crippen LogP contribution in [0.25, 0.3) is 0 Å². The van der Waals surface area contributed by atoms with Crippen molar-refractivity contribution in [3.63, 3.8) is 0 Å². The molecule has 2 aliphatic carbocycles. The van der Waals surface area contributed by atoms with Crippen LogP contribution in [-0.2, 0) is 0 Å². The van der Waals surface area contributed by atoms with Crippen molar-refractivity contribution < 1.29 is 0 Å². The zero-order chi connectivity index (χ0) is 10.3. The van der Waals surface area contributed by atoms with E-state index in [1.54, 1.807) is 5.57 Å². The fourth-order valence-electron chi connectivity index (χ4n) is 2.99. The molecule has 1 unspecified atom stereocenters. The summed E-state index contributed by atoms with van der Waals surface area (Å²) in [5.74, 6) is 2.07. The number of piperazine rings is 1. The van der Waals surface area contributed by atoms with Gasteiger partial charge in [-0.3, -0.25) is 4.90 Å². The van der Waals surface area contributed by atoms with E-state index in [4.69, 9.17) is 0 Å². The van der Waals surface area contributed by atoms with Crippen molar-refractivity contribution in [3.05, 3.63) is 11.6 Å². The van der Waals surface area contributed by atoms with E-state index >= 15 is 0 Å². The molecule has 2 heteroatoms. The first-order valence-electron chi connectivity index (χ1n) is 6.42. The smallest absolute Gasteiger partial charge is 0.0194 e. The molecule has 0 N–H and O–H groups in total. The zero-order valence-corrected chi connectivity index (χ0v) is 9.78. The number of likely N-dealkylation sites (N-methyl/N-ethyl adjacent to an activating group) is 1. The van der Waals surface area contributed by atoms with E-state index < -0.39 is 0 Å². The predicted octanol–water partition coefficient (Wildman–Crippen LogP) is 1.59. The van der Waals surface area contributed by atoms with Crippen molar-refractivity contribution in [2.45, 2.75) is 19.3 Å². The molecule has 0 radical (unpaired) electrons. The Bertz CT molecular complexity index is 264. The van der Waals surface area contributed by atoms with Gasteiger partial charge in [0.15, 0.2) is 0 Å². The van der Waals surface area contributed by atoms with Gasteiger partial charge < -0.3 is 4.90 Å². The summed E-state index contributed by atoms with van der Waals surface area (Å²) in [6, 6.07) is 0. The highest BCUT2D eigenvalue weighted by Crippen LogP contribution is 2.47. The van der Waals surface area contributed by atoms with Gasteiger partial charge in [-0.05, 0) is 38.1 Å². The molecule has 84 valence electrons. The fourth-order valence-corrected chi connectivity index (χ4v) is 2.99. The Morgan fingerprint density at radius 3 is 2.80 bits per heavy atom.